The third-order valence-electron chi connectivity index (χ3n) is 5.38. The van der Waals surface area contributed by atoms with E-state index >= 15 is 0 Å². The molecule has 7 heteroatoms. The lowest BCUT2D eigenvalue weighted by Gasteiger charge is -2.16. The topological polar surface area (TPSA) is 81.9 Å². The normalized spacial score (nSPS) is 12.0. The highest BCUT2D eigenvalue weighted by atomic mass is 16.5. The molecule has 0 aliphatic carbocycles. The van der Waals surface area contributed by atoms with Gasteiger partial charge in [-0.25, -0.2) is 14.6 Å². The van der Waals surface area contributed by atoms with Crippen LogP contribution in [0, 0.1) is 6.92 Å². The van der Waals surface area contributed by atoms with Crippen LogP contribution in [0.1, 0.15) is 30.4 Å². The summed E-state index contributed by atoms with van der Waals surface area (Å²) in [5.41, 5.74) is 1.88. The highest BCUT2D eigenvalue weighted by Gasteiger charge is 2.10. The molecule has 0 saturated carbocycles. The zero-order valence-corrected chi connectivity index (χ0v) is 18.6. The van der Waals surface area contributed by atoms with Crippen LogP contribution in [0.25, 0.3) is 10.8 Å². The van der Waals surface area contributed by atoms with Crippen LogP contribution in [0.4, 0.5) is 5.82 Å². The van der Waals surface area contributed by atoms with Gasteiger partial charge in [0.2, 0.25) is 0 Å². The first-order chi connectivity index (χ1) is 15.5. The Morgan fingerprint density at radius 2 is 1.88 bits per heavy atom. The molecule has 2 heterocycles. The average Bonchev–Trinajstić information content (AvgIpc) is 2.80. The Morgan fingerprint density at radius 3 is 2.66 bits per heavy atom. The smallest absolute Gasteiger partial charge is 0.274 e. The fourth-order valence-corrected chi connectivity index (χ4v) is 3.68. The Balaban J connectivity index is 1.44. The number of nitrogens with zero attached hydrogens (tertiary/aromatic N) is 4. The van der Waals surface area contributed by atoms with Crippen molar-refractivity contribution in [1.82, 2.24) is 19.7 Å². The van der Waals surface area contributed by atoms with Crippen LogP contribution in [-0.2, 0) is 13.0 Å². The molecule has 4 aromatic rings. The summed E-state index contributed by atoms with van der Waals surface area (Å²) in [7, 11) is 1.67. The molecule has 4 rings (SSSR count). The van der Waals surface area contributed by atoms with E-state index < -0.39 is 0 Å². The number of hydrogen-bond donors (Lipinski definition) is 1. The molecule has 0 saturated heterocycles. The number of aromatic nitrogens is 4. The standard InChI is InChI=1S/C25H27N5O2/c1-17(8-9-19-10-12-22(32-3)13-11-19)27-24-14-21(28-18(2)29-24)16-30-25(31)23-7-5-4-6-20(23)15-26-30/h4-7,10-15,17H,8-9,16H2,1-3H3,(H,27,28,29)/t17-/m1/s1. The van der Waals surface area contributed by atoms with E-state index in [2.05, 4.69) is 39.4 Å². The van der Waals surface area contributed by atoms with Gasteiger partial charge in [0.15, 0.2) is 0 Å². The van der Waals surface area contributed by atoms with E-state index in [1.807, 2.05) is 49.4 Å². The molecule has 0 amide bonds. The quantitative estimate of drug-likeness (QED) is 0.456. The summed E-state index contributed by atoms with van der Waals surface area (Å²) < 4.78 is 6.66. The van der Waals surface area contributed by atoms with E-state index in [4.69, 9.17) is 4.74 Å². The van der Waals surface area contributed by atoms with Crippen molar-refractivity contribution >= 4 is 16.6 Å². The minimum absolute atomic E-state index is 0.123. The lowest BCUT2D eigenvalue weighted by Crippen LogP contribution is -2.24. The number of nitrogens with one attached hydrogen (secondary N) is 1. The van der Waals surface area contributed by atoms with Crippen molar-refractivity contribution in [1.29, 1.82) is 0 Å². The summed E-state index contributed by atoms with van der Waals surface area (Å²) >= 11 is 0. The van der Waals surface area contributed by atoms with Crippen molar-refractivity contribution in [2.45, 2.75) is 39.3 Å². The lowest BCUT2D eigenvalue weighted by atomic mass is 10.1. The molecule has 0 fully saturated rings. The minimum Gasteiger partial charge on any atom is -0.497 e. The molecule has 32 heavy (non-hydrogen) atoms. The predicted molar refractivity (Wildman–Crippen MR) is 126 cm³/mol. The van der Waals surface area contributed by atoms with Crippen LogP contribution in [0.15, 0.2) is 65.6 Å². The second-order valence-corrected chi connectivity index (χ2v) is 7.92. The molecule has 164 valence electrons. The monoisotopic (exact) mass is 429 g/mol. The number of anilines is 1. The summed E-state index contributed by atoms with van der Waals surface area (Å²) in [6.45, 7) is 4.28. The summed E-state index contributed by atoms with van der Waals surface area (Å²) in [6, 6.07) is 17.7. The molecule has 0 aliphatic rings. The molecule has 0 radical (unpaired) electrons. The molecule has 7 nitrogen and oxygen atoms in total. The maximum Gasteiger partial charge on any atom is 0.274 e. The highest BCUT2D eigenvalue weighted by molar-refractivity contribution is 5.80. The molecule has 0 unspecified atom stereocenters. The van der Waals surface area contributed by atoms with Gasteiger partial charge in [-0.3, -0.25) is 4.79 Å². The number of hydrogen-bond acceptors (Lipinski definition) is 6. The molecule has 1 N–H and O–H groups in total. The van der Waals surface area contributed by atoms with Crippen molar-refractivity contribution in [3.63, 3.8) is 0 Å². The van der Waals surface area contributed by atoms with Gasteiger partial charge >= 0.3 is 0 Å². The van der Waals surface area contributed by atoms with Crippen LogP contribution < -0.4 is 15.6 Å². The zero-order valence-electron chi connectivity index (χ0n) is 18.6. The Labute approximate surface area is 187 Å². The van der Waals surface area contributed by atoms with Crippen molar-refractivity contribution in [2.24, 2.45) is 0 Å². The van der Waals surface area contributed by atoms with Gasteiger partial charge in [-0.15, -0.1) is 0 Å². The minimum atomic E-state index is -0.123. The maximum atomic E-state index is 12.8. The second-order valence-electron chi connectivity index (χ2n) is 7.92. The van der Waals surface area contributed by atoms with Crippen LogP contribution in [0.3, 0.4) is 0 Å². The van der Waals surface area contributed by atoms with Crippen molar-refractivity contribution in [3.8, 4) is 5.75 Å². The van der Waals surface area contributed by atoms with E-state index in [1.54, 1.807) is 13.3 Å². The summed E-state index contributed by atoms with van der Waals surface area (Å²) in [5, 5.41) is 9.26. The van der Waals surface area contributed by atoms with E-state index in [-0.39, 0.29) is 11.6 Å². The van der Waals surface area contributed by atoms with Crippen molar-refractivity contribution < 1.29 is 4.74 Å². The Morgan fingerprint density at radius 1 is 1.09 bits per heavy atom. The fraction of sp³-hybridized carbons (Fsp3) is 0.280. The third-order valence-corrected chi connectivity index (χ3v) is 5.38. The molecular weight excluding hydrogens is 402 g/mol. The molecule has 1 atom stereocenters. The Hall–Kier alpha value is -3.74. The van der Waals surface area contributed by atoms with Crippen LogP contribution in [-0.4, -0.2) is 32.9 Å². The summed E-state index contributed by atoms with van der Waals surface area (Å²) in [6.07, 6.45) is 3.62. The molecule has 0 aliphatic heterocycles. The van der Waals surface area contributed by atoms with Gasteiger partial charge in [-0.05, 0) is 50.5 Å². The summed E-state index contributed by atoms with van der Waals surface area (Å²) in [5.74, 6) is 2.27. The molecule has 0 bridgehead atoms. The van der Waals surface area contributed by atoms with E-state index in [9.17, 15) is 4.79 Å². The lowest BCUT2D eigenvalue weighted by molar-refractivity contribution is 0.414. The first-order valence-electron chi connectivity index (χ1n) is 10.7. The van der Waals surface area contributed by atoms with Gasteiger partial charge in [0.25, 0.3) is 5.56 Å². The first-order valence-corrected chi connectivity index (χ1v) is 10.7. The molecule has 2 aromatic heterocycles. The zero-order chi connectivity index (χ0) is 22.5. The molecular formula is C25H27N5O2. The third kappa shape index (κ3) is 5.11. The number of ether oxygens (including phenoxy) is 1. The van der Waals surface area contributed by atoms with E-state index in [1.165, 1.54) is 10.2 Å². The number of rotatable bonds is 8. The van der Waals surface area contributed by atoms with Gasteiger partial charge in [-0.2, -0.15) is 5.10 Å². The SMILES string of the molecule is COc1ccc(CC[C@@H](C)Nc2cc(Cn3ncc4ccccc4c3=O)nc(C)n2)cc1. The van der Waals surface area contributed by atoms with E-state index in [0.717, 1.165) is 35.5 Å². The average molecular weight is 430 g/mol. The van der Waals surface area contributed by atoms with Gasteiger partial charge < -0.3 is 10.1 Å². The number of benzene rings is 2. The van der Waals surface area contributed by atoms with Crippen LogP contribution in [0.2, 0.25) is 0 Å². The molecule has 2 aromatic carbocycles. The highest BCUT2D eigenvalue weighted by Crippen LogP contribution is 2.15. The second kappa shape index (κ2) is 9.60. The van der Waals surface area contributed by atoms with Gasteiger partial charge in [0.05, 0.1) is 30.9 Å². The summed E-state index contributed by atoms with van der Waals surface area (Å²) in [4.78, 5) is 21.8. The van der Waals surface area contributed by atoms with Crippen molar-refractivity contribution in [3.05, 3.63) is 88.2 Å². The van der Waals surface area contributed by atoms with Crippen LogP contribution >= 0.6 is 0 Å². The Bertz CT molecular complexity index is 1270. The number of methoxy groups -OCH3 is 1. The maximum absolute atomic E-state index is 12.8. The first kappa shape index (κ1) is 21.5. The van der Waals surface area contributed by atoms with Gasteiger partial charge in [0, 0.05) is 17.5 Å². The predicted octanol–water partition coefficient (Wildman–Crippen LogP) is 3.99. The molecule has 0 spiro atoms. The number of fused-ring (bicyclic) bond motifs is 1. The van der Waals surface area contributed by atoms with Crippen LogP contribution in [0.5, 0.6) is 5.75 Å². The van der Waals surface area contributed by atoms with E-state index in [0.29, 0.717) is 17.8 Å². The van der Waals surface area contributed by atoms with Crippen molar-refractivity contribution in [2.75, 3.05) is 12.4 Å². The van der Waals surface area contributed by atoms with Gasteiger partial charge in [-0.1, -0.05) is 30.3 Å². The fourth-order valence-electron chi connectivity index (χ4n) is 3.68. The number of aryl methyl sites for hydroxylation is 2. The largest absolute Gasteiger partial charge is 0.497 e. The van der Waals surface area contributed by atoms with Gasteiger partial charge in [0.1, 0.15) is 17.4 Å². The Kier molecular flexibility index (Phi) is 6.44.